The Morgan fingerprint density at radius 1 is 1.40 bits per heavy atom. The second kappa shape index (κ2) is 5.22. The minimum Gasteiger partial charge on any atom is -0.486 e. The van der Waals surface area contributed by atoms with Crippen LogP contribution in [0.25, 0.3) is 10.2 Å². The Labute approximate surface area is 121 Å². The molecule has 4 nitrogen and oxygen atoms in total. The van der Waals surface area contributed by atoms with Gasteiger partial charge in [0, 0.05) is 6.07 Å². The molecule has 0 aliphatic rings. The fourth-order valence-electron chi connectivity index (χ4n) is 1.71. The lowest BCUT2D eigenvalue weighted by Gasteiger charge is -2.06. The monoisotopic (exact) mass is 310 g/mol. The van der Waals surface area contributed by atoms with Crippen molar-refractivity contribution in [3.8, 4) is 5.75 Å². The van der Waals surface area contributed by atoms with Gasteiger partial charge >= 0.3 is 0 Å². The van der Waals surface area contributed by atoms with Crippen molar-refractivity contribution in [2.45, 2.75) is 6.61 Å². The van der Waals surface area contributed by atoms with Crippen LogP contribution < -0.4 is 10.3 Å². The maximum atomic E-state index is 13.0. The zero-order valence-electron chi connectivity index (χ0n) is 10.0. The van der Waals surface area contributed by atoms with Crippen LogP contribution in [0, 0.1) is 5.82 Å². The summed E-state index contributed by atoms with van der Waals surface area (Å²) in [7, 11) is 0. The van der Waals surface area contributed by atoms with Crippen LogP contribution >= 0.6 is 22.9 Å². The highest BCUT2D eigenvalue weighted by Gasteiger charge is 2.06. The van der Waals surface area contributed by atoms with Crippen LogP contribution in [-0.4, -0.2) is 9.97 Å². The fraction of sp³-hybridized carbons (Fsp3) is 0.0769. The number of nitrogens with zero attached hydrogens (tertiary/aromatic N) is 1. The Kier molecular flexibility index (Phi) is 3.42. The number of halogens is 2. The van der Waals surface area contributed by atoms with Gasteiger partial charge in [-0.05, 0) is 23.6 Å². The first kappa shape index (κ1) is 13.1. The smallest absolute Gasteiger partial charge is 0.268 e. The first-order valence-electron chi connectivity index (χ1n) is 5.68. The summed E-state index contributed by atoms with van der Waals surface area (Å²) in [6.07, 6.45) is 0. The van der Waals surface area contributed by atoms with Gasteiger partial charge in [0.2, 0.25) is 0 Å². The lowest BCUT2D eigenvalue weighted by atomic mass is 10.3. The number of fused-ring (bicyclic) bond motifs is 1. The van der Waals surface area contributed by atoms with Crippen LogP contribution in [0.4, 0.5) is 4.39 Å². The zero-order chi connectivity index (χ0) is 14.1. The normalized spacial score (nSPS) is 10.9. The van der Waals surface area contributed by atoms with Gasteiger partial charge in [-0.1, -0.05) is 11.6 Å². The van der Waals surface area contributed by atoms with Gasteiger partial charge < -0.3 is 9.72 Å². The Balaban J connectivity index is 1.82. The number of hydrogen-bond donors (Lipinski definition) is 1. The molecule has 0 unspecified atom stereocenters. The van der Waals surface area contributed by atoms with Gasteiger partial charge in [0.15, 0.2) is 0 Å². The van der Waals surface area contributed by atoms with E-state index in [1.807, 2.05) is 0 Å². The Bertz CT molecular complexity index is 831. The van der Waals surface area contributed by atoms with E-state index in [2.05, 4.69) is 9.97 Å². The van der Waals surface area contributed by atoms with Crippen molar-refractivity contribution in [1.29, 1.82) is 0 Å². The molecule has 0 spiro atoms. The van der Waals surface area contributed by atoms with Crippen molar-refractivity contribution in [1.82, 2.24) is 9.97 Å². The van der Waals surface area contributed by atoms with Gasteiger partial charge in [-0.15, -0.1) is 11.3 Å². The molecule has 0 radical (unpaired) electrons. The van der Waals surface area contributed by atoms with Crippen molar-refractivity contribution < 1.29 is 9.13 Å². The molecule has 0 aliphatic heterocycles. The maximum absolute atomic E-state index is 13.0. The summed E-state index contributed by atoms with van der Waals surface area (Å²) in [5, 5.41) is 1.79. The van der Waals surface area contributed by atoms with Crippen LogP contribution in [0.1, 0.15) is 5.82 Å². The highest BCUT2D eigenvalue weighted by atomic mass is 35.5. The van der Waals surface area contributed by atoms with Crippen molar-refractivity contribution in [3.05, 3.63) is 56.7 Å². The van der Waals surface area contributed by atoms with E-state index in [1.165, 1.54) is 29.5 Å². The summed E-state index contributed by atoms with van der Waals surface area (Å²) in [5.74, 6) is 0.302. The van der Waals surface area contributed by atoms with E-state index in [-0.39, 0.29) is 17.2 Å². The SMILES string of the molecule is O=c1[nH]c(COc2ccc(F)c(Cl)c2)nc2ccsc12. The number of aromatic amines is 1. The largest absolute Gasteiger partial charge is 0.486 e. The summed E-state index contributed by atoms with van der Waals surface area (Å²) < 4.78 is 19.0. The third kappa shape index (κ3) is 2.52. The number of H-pyrrole nitrogens is 1. The second-order valence-corrected chi connectivity index (χ2v) is 5.34. The van der Waals surface area contributed by atoms with Gasteiger partial charge in [0.05, 0.1) is 10.5 Å². The predicted octanol–water partition coefficient (Wildman–Crippen LogP) is 3.36. The number of ether oxygens (including phenoxy) is 1. The number of aromatic nitrogens is 2. The molecule has 1 N–H and O–H groups in total. The number of benzene rings is 1. The minimum absolute atomic E-state index is 0.0164. The van der Waals surface area contributed by atoms with E-state index in [0.717, 1.165) is 0 Å². The Morgan fingerprint density at radius 2 is 2.25 bits per heavy atom. The number of hydrogen-bond acceptors (Lipinski definition) is 4. The average molecular weight is 311 g/mol. The third-order valence-electron chi connectivity index (χ3n) is 2.63. The van der Waals surface area contributed by atoms with E-state index >= 15 is 0 Å². The molecule has 0 saturated carbocycles. The molecular formula is C13H8ClFN2O2S. The topological polar surface area (TPSA) is 55.0 Å². The quantitative estimate of drug-likeness (QED) is 0.807. The molecule has 0 amide bonds. The summed E-state index contributed by atoms with van der Waals surface area (Å²) in [6, 6.07) is 5.82. The number of rotatable bonds is 3. The molecule has 2 aromatic heterocycles. The molecule has 0 aliphatic carbocycles. The van der Waals surface area contributed by atoms with Crippen molar-refractivity contribution >= 4 is 33.2 Å². The molecule has 0 atom stereocenters. The average Bonchev–Trinajstić information content (AvgIpc) is 2.89. The molecule has 3 rings (SSSR count). The zero-order valence-corrected chi connectivity index (χ0v) is 11.6. The molecule has 0 bridgehead atoms. The molecular weight excluding hydrogens is 303 g/mol. The van der Waals surface area contributed by atoms with Crippen LogP contribution in [0.15, 0.2) is 34.4 Å². The molecule has 102 valence electrons. The third-order valence-corrected chi connectivity index (χ3v) is 3.82. The van der Waals surface area contributed by atoms with Crippen molar-refractivity contribution in [2.75, 3.05) is 0 Å². The molecule has 20 heavy (non-hydrogen) atoms. The lowest BCUT2D eigenvalue weighted by molar-refractivity contribution is 0.295. The molecule has 1 aromatic carbocycles. The van der Waals surface area contributed by atoms with Gasteiger partial charge in [-0.3, -0.25) is 4.79 Å². The molecule has 2 heterocycles. The van der Waals surface area contributed by atoms with Crippen LogP contribution in [0.3, 0.4) is 0 Å². The Morgan fingerprint density at radius 3 is 3.05 bits per heavy atom. The summed E-state index contributed by atoms with van der Waals surface area (Å²) in [5.41, 5.74) is 0.440. The van der Waals surface area contributed by atoms with Gasteiger partial charge in [0.1, 0.15) is 28.7 Å². The summed E-state index contributed by atoms with van der Waals surface area (Å²) in [6.45, 7) is 0.0724. The van der Waals surface area contributed by atoms with Crippen LogP contribution in [-0.2, 0) is 6.61 Å². The maximum Gasteiger partial charge on any atom is 0.268 e. The van der Waals surface area contributed by atoms with E-state index in [4.69, 9.17) is 16.3 Å². The number of thiophene rings is 1. The van der Waals surface area contributed by atoms with E-state index < -0.39 is 5.82 Å². The van der Waals surface area contributed by atoms with Crippen LogP contribution in [0.2, 0.25) is 5.02 Å². The number of nitrogens with one attached hydrogen (secondary N) is 1. The second-order valence-electron chi connectivity index (χ2n) is 4.01. The first-order chi connectivity index (χ1) is 9.63. The van der Waals surface area contributed by atoms with E-state index in [0.29, 0.717) is 21.8 Å². The summed E-state index contributed by atoms with van der Waals surface area (Å²) >= 11 is 6.99. The Hall–Kier alpha value is -1.92. The fourth-order valence-corrected chi connectivity index (χ4v) is 2.60. The predicted molar refractivity (Wildman–Crippen MR) is 76.0 cm³/mol. The van der Waals surface area contributed by atoms with Crippen molar-refractivity contribution in [3.63, 3.8) is 0 Å². The van der Waals surface area contributed by atoms with Gasteiger partial charge in [-0.25, -0.2) is 9.37 Å². The van der Waals surface area contributed by atoms with Gasteiger partial charge in [0.25, 0.3) is 5.56 Å². The molecule has 0 saturated heterocycles. The highest BCUT2D eigenvalue weighted by Crippen LogP contribution is 2.21. The van der Waals surface area contributed by atoms with E-state index in [1.54, 1.807) is 11.4 Å². The minimum atomic E-state index is -0.509. The van der Waals surface area contributed by atoms with Crippen LogP contribution in [0.5, 0.6) is 5.75 Å². The van der Waals surface area contributed by atoms with Gasteiger partial charge in [-0.2, -0.15) is 0 Å². The standard InChI is InChI=1S/C13H8ClFN2O2S/c14-8-5-7(1-2-9(8)15)19-6-11-16-10-3-4-20-12(10)13(18)17-11/h1-5H,6H2,(H,16,17,18). The van der Waals surface area contributed by atoms with E-state index in [9.17, 15) is 9.18 Å². The highest BCUT2D eigenvalue weighted by molar-refractivity contribution is 7.17. The van der Waals surface area contributed by atoms with Crippen molar-refractivity contribution in [2.24, 2.45) is 0 Å². The first-order valence-corrected chi connectivity index (χ1v) is 6.93. The molecule has 3 aromatic rings. The summed E-state index contributed by atoms with van der Waals surface area (Å²) in [4.78, 5) is 18.7. The molecule has 7 heteroatoms. The lowest BCUT2D eigenvalue weighted by Crippen LogP contribution is -2.12. The molecule has 0 fully saturated rings.